The molecule has 1 aliphatic rings. The summed E-state index contributed by atoms with van der Waals surface area (Å²) < 4.78 is 38.5. The molecular weight excluding hydrogens is 201 g/mol. The van der Waals surface area contributed by atoms with Gasteiger partial charge in [-0.1, -0.05) is 11.6 Å². The van der Waals surface area contributed by atoms with E-state index in [9.17, 15) is 13.2 Å². The lowest BCUT2D eigenvalue weighted by Crippen LogP contribution is -2.14. The van der Waals surface area contributed by atoms with Crippen LogP contribution in [0.2, 0.25) is 5.02 Å². The van der Waals surface area contributed by atoms with Crippen molar-refractivity contribution in [2.75, 3.05) is 0 Å². The molecule has 1 aromatic rings. The molecule has 1 aromatic carbocycles. The molecule has 0 unspecified atom stereocenters. The molecule has 0 bridgehead atoms. The third-order valence-corrected chi connectivity index (χ3v) is 2.47. The number of rotatable bonds is 0. The summed E-state index contributed by atoms with van der Waals surface area (Å²) in [5.41, 5.74) is 0.711. The molecule has 0 fully saturated rings. The lowest BCUT2D eigenvalue weighted by atomic mass is 10.1. The van der Waals surface area contributed by atoms with Gasteiger partial charge < -0.3 is 0 Å². The minimum atomic E-state index is -2.76. The van der Waals surface area contributed by atoms with Crippen molar-refractivity contribution in [2.24, 2.45) is 0 Å². The third kappa shape index (κ3) is 1.53. The van der Waals surface area contributed by atoms with Crippen LogP contribution in [0.25, 0.3) is 0 Å². The predicted octanol–water partition coefficient (Wildman–Crippen LogP) is 3.21. The fourth-order valence-corrected chi connectivity index (χ4v) is 1.90. The average molecular weight is 207 g/mol. The van der Waals surface area contributed by atoms with Crippen LogP contribution in [0.4, 0.5) is 13.2 Å². The van der Waals surface area contributed by atoms with Gasteiger partial charge in [0, 0.05) is 17.9 Å². The summed E-state index contributed by atoms with van der Waals surface area (Å²) in [6.07, 6.45) is -0.777. The molecule has 13 heavy (non-hydrogen) atoms. The third-order valence-electron chi connectivity index (χ3n) is 2.14. The van der Waals surface area contributed by atoms with E-state index in [0.29, 0.717) is 11.1 Å². The van der Waals surface area contributed by atoms with E-state index in [-0.39, 0.29) is 11.4 Å². The summed E-state index contributed by atoms with van der Waals surface area (Å²) in [4.78, 5) is 0. The normalized spacial score (nSPS) is 18.8. The van der Waals surface area contributed by atoms with Crippen LogP contribution < -0.4 is 0 Å². The summed E-state index contributed by atoms with van der Waals surface area (Å²) in [6.45, 7) is 0. The van der Waals surface area contributed by atoms with Crippen molar-refractivity contribution >= 4 is 11.6 Å². The van der Waals surface area contributed by atoms with E-state index >= 15 is 0 Å². The van der Waals surface area contributed by atoms with Crippen LogP contribution >= 0.6 is 11.6 Å². The van der Waals surface area contributed by atoms with Gasteiger partial charge in [-0.3, -0.25) is 0 Å². The molecule has 0 radical (unpaired) electrons. The number of hydrogen-bond donors (Lipinski definition) is 0. The van der Waals surface area contributed by atoms with E-state index in [1.54, 1.807) is 0 Å². The summed E-state index contributed by atoms with van der Waals surface area (Å²) in [5.74, 6) is -3.32. The first-order valence-corrected chi connectivity index (χ1v) is 4.20. The van der Waals surface area contributed by atoms with Crippen molar-refractivity contribution in [1.82, 2.24) is 0 Å². The van der Waals surface area contributed by atoms with Crippen LogP contribution in [0.1, 0.15) is 11.1 Å². The maximum absolute atomic E-state index is 12.9. The minimum absolute atomic E-state index is 0.104. The Morgan fingerprint density at radius 3 is 2.62 bits per heavy atom. The zero-order chi connectivity index (χ0) is 9.64. The van der Waals surface area contributed by atoms with Gasteiger partial charge in [-0.25, -0.2) is 13.2 Å². The fourth-order valence-electron chi connectivity index (χ4n) is 1.61. The maximum atomic E-state index is 12.9. The number of fused-ring (bicyclic) bond motifs is 1. The second-order valence-electron chi connectivity index (χ2n) is 3.23. The highest BCUT2D eigenvalue weighted by Crippen LogP contribution is 2.38. The first-order chi connectivity index (χ1) is 5.98. The number of halogens is 4. The monoisotopic (exact) mass is 206 g/mol. The Morgan fingerprint density at radius 1 is 1.23 bits per heavy atom. The molecule has 0 amide bonds. The van der Waals surface area contributed by atoms with Crippen molar-refractivity contribution in [3.8, 4) is 0 Å². The van der Waals surface area contributed by atoms with Crippen molar-refractivity contribution < 1.29 is 13.2 Å². The van der Waals surface area contributed by atoms with Crippen molar-refractivity contribution in [3.05, 3.63) is 34.1 Å². The largest absolute Gasteiger partial charge is 0.256 e. The van der Waals surface area contributed by atoms with Gasteiger partial charge in [-0.05, 0) is 23.3 Å². The molecular formula is C9H6ClF3. The Balaban J connectivity index is 2.52. The van der Waals surface area contributed by atoms with Gasteiger partial charge in [0.15, 0.2) is 0 Å². The molecule has 1 aliphatic carbocycles. The topological polar surface area (TPSA) is 0 Å². The van der Waals surface area contributed by atoms with E-state index in [0.717, 1.165) is 12.1 Å². The maximum Gasteiger partial charge on any atom is 0.256 e. The molecule has 4 heteroatoms. The van der Waals surface area contributed by atoms with Crippen LogP contribution in [0.5, 0.6) is 0 Å². The van der Waals surface area contributed by atoms with Crippen LogP contribution in [-0.4, -0.2) is 5.92 Å². The van der Waals surface area contributed by atoms with E-state index < -0.39 is 18.2 Å². The van der Waals surface area contributed by atoms with Crippen molar-refractivity contribution in [2.45, 2.75) is 18.8 Å². The highest BCUT2D eigenvalue weighted by Gasteiger charge is 2.38. The Hall–Kier alpha value is -0.700. The SMILES string of the molecule is Fc1cc(Cl)c2c(c1)CC(F)(F)C2. The second kappa shape index (κ2) is 2.64. The number of alkyl halides is 2. The van der Waals surface area contributed by atoms with Crippen LogP contribution in [0.3, 0.4) is 0 Å². The molecule has 0 nitrogen and oxygen atoms in total. The fraction of sp³-hybridized carbons (Fsp3) is 0.333. The lowest BCUT2D eigenvalue weighted by molar-refractivity contribution is 0.0130. The molecule has 70 valence electrons. The average Bonchev–Trinajstić information content (AvgIpc) is 2.23. The first-order valence-electron chi connectivity index (χ1n) is 3.82. The highest BCUT2D eigenvalue weighted by atomic mass is 35.5. The summed E-state index contributed by atoms with van der Waals surface area (Å²) in [6, 6.07) is 2.20. The van der Waals surface area contributed by atoms with E-state index in [2.05, 4.69) is 0 Å². The quantitative estimate of drug-likeness (QED) is 0.612. The van der Waals surface area contributed by atoms with Crippen molar-refractivity contribution in [1.29, 1.82) is 0 Å². The Labute approximate surface area is 78.3 Å². The highest BCUT2D eigenvalue weighted by molar-refractivity contribution is 6.31. The number of benzene rings is 1. The van der Waals surface area contributed by atoms with Gasteiger partial charge in [-0.2, -0.15) is 0 Å². The lowest BCUT2D eigenvalue weighted by Gasteiger charge is -2.04. The Bertz CT molecular complexity index is 360. The zero-order valence-corrected chi connectivity index (χ0v) is 7.34. The van der Waals surface area contributed by atoms with E-state index in [1.807, 2.05) is 0 Å². The van der Waals surface area contributed by atoms with Gasteiger partial charge >= 0.3 is 0 Å². The molecule has 0 aliphatic heterocycles. The van der Waals surface area contributed by atoms with Gasteiger partial charge in [-0.15, -0.1) is 0 Å². The molecule has 0 aromatic heterocycles. The van der Waals surface area contributed by atoms with Gasteiger partial charge in [0.1, 0.15) is 5.82 Å². The predicted molar refractivity (Wildman–Crippen MR) is 43.8 cm³/mol. The van der Waals surface area contributed by atoms with Crippen LogP contribution in [-0.2, 0) is 12.8 Å². The Morgan fingerprint density at radius 2 is 1.92 bits per heavy atom. The zero-order valence-electron chi connectivity index (χ0n) is 6.58. The molecule has 0 spiro atoms. The van der Waals surface area contributed by atoms with E-state index in [1.165, 1.54) is 0 Å². The smallest absolute Gasteiger partial charge is 0.207 e. The van der Waals surface area contributed by atoms with E-state index in [4.69, 9.17) is 11.6 Å². The van der Waals surface area contributed by atoms with Crippen molar-refractivity contribution in [3.63, 3.8) is 0 Å². The molecule has 2 rings (SSSR count). The summed E-state index contributed by atoms with van der Waals surface area (Å²) in [5, 5.41) is 0.104. The summed E-state index contributed by atoms with van der Waals surface area (Å²) >= 11 is 5.63. The molecule has 0 atom stereocenters. The van der Waals surface area contributed by atoms with Crippen LogP contribution in [0, 0.1) is 5.82 Å². The second-order valence-corrected chi connectivity index (χ2v) is 3.64. The van der Waals surface area contributed by atoms with Gasteiger partial charge in [0.25, 0.3) is 5.92 Å². The first kappa shape index (κ1) is 8.88. The number of hydrogen-bond acceptors (Lipinski definition) is 0. The standard InChI is InChI=1S/C9H6ClF3/c10-8-2-6(11)1-5-3-9(12,13)4-7(5)8/h1-2H,3-4H2. The summed E-state index contributed by atoms with van der Waals surface area (Å²) in [7, 11) is 0. The Kier molecular flexibility index (Phi) is 1.80. The van der Waals surface area contributed by atoms with Gasteiger partial charge in [0.05, 0.1) is 0 Å². The van der Waals surface area contributed by atoms with Gasteiger partial charge in [0.2, 0.25) is 0 Å². The molecule has 0 saturated carbocycles. The molecule has 0 heterocycles. The van der Waals surface area contributed by atoms with Crippen LogP contribution in [0.15, 0.2) is 12.1 Å². The minimum Gasteiger partial charge on any atom is -0.207 e. The molecule has 0 N–H and O–H groups in total. The molecule has 0 saturated heterocycles.